The Kier molecular flexibility index (Phi) is 5.15. The first-order chi connectivity index (χ1) is 10.8. The lowest BCUT2D eigenvalue weighted by Gasteiger charge is -2.20. The van der Waals surface area contributed by atoms with E-state index in [0.29, 0.717) is 0 Å². The molecule has 0 saturated heterocycles. The molecule has 0 unspecified atom stereocenters. The summed E-state index contributed by atoms with van der Waals surface area (Å²) in [6.07, 6.45) is 13.1. The van der Waals surface area contributed by atoms with Gasteiger partial charge in [-0.05, 0) is 34.9 Å². The zero-order valence-electron chi connectivity index (χ0n) is 13.7. The molecule has 1 nitrogen and oxygen atoms in total. The minimum atomic E-state index is 0.927. The lowest BCUT2D eigenvalue weighted by atomic mass is 9.87. The molecule has 2 aromatic carbocycles. The molecule has 0 heterocycles. The third kappa shape index (κ3) is 3.91. The first-order valence-electron chi connectivity index (χ1n) is 8.66. The number of nitrogens with zero attached hydrogens (tertiary/aromatic N) is 1. The van der Waals surface area contributed by atoms with Crippen LogP contribution >= 0.6 is 0 Å². The van der Waals surface area contributed by atoms with Crippen LogP contribution in [-0.2, 0) is 6.54 Å². The number of allylic oxidation sites excluding steroid dienone is 1. The van der Waals surface area contributed by atoms with E-state index in [9.17, 15) is 0 Å². The number of fused-ring (bicyclic) bond motifs is 1. The molecule has 0 radical (unpaired) electrons. The van der Waals surface area contributed by atoms with Crippen LogP contribution in [0.3, 0.4) is 0 Å². The summed E-state index contributed by atoms with van der Waals surface area (Å²) in [7, 11) is 2.18. The number of hydrogen-bond acceptors (Lipinski definition) is 1. The third-order valence-electron chi connectivity index (χ3n) is 4.85. The van der Waals surface area contributed by atoms with Crippen LogP contribution < -0.4 is 0 Å². The Morgan fingerprint density at radius 3 is 2.64 bits per heavy atom. The molecule has 0 aromatic heterocycles. The third-order valence-corrected chi connectivity index (χ3v) is 4.85. The van der Waals surface area contributed by atoms with Gasteiger partial charge in [0.2, 0.25) is 0 Å². The van der Waals surface area contributed by atoms with E-state index in [4.69, 9.17) is 0 Å². The molecule has 2 aromatic rings. The molecule has 1 heteroatoms. The zero-order valence-corrected chi connectivity index (χ0v) is 13.7. The molecular formula is C21H27N. The summed E-state index contributed by atoms with van der Waals surface area (Å²) in [5.74, 6) is 0.927. The highest BCUT2D eigenvalue weighted by Crippen LogP contribution is 2.26. The van der Waals surface area contributed by atoms with Gasteiger partial charge in [-0.15, -0.1) is 0 Å². The standard InChI is InChI=1S/C21H27N/c1-22(16-8-11-18-9-3-2-4-10-18)17-20-14-7-13-19-12-5-6-15-21(19)20/h5-8,12-16,18H,2-4,9-11,17H2,1H3/b16-8+. The van der Waals surface area contributed by atoms with Gasteiger partial charge in [-0.1, -0.05) is 80.6 Å². The fraction of sp³-hybridized carbons (Fsp3) is 0.429. The van der Waals surface area contributed by atoms with Gasteiger partial charge in [0.25, 0.3) is 0 Å². The van der Waals surface area contributed by atoms with Crippen molar-refractivity contribution in [2.24, 2.45) is 5.92 Å². The zero-order chi connectivity index (χ0) is 15.2. The topological polar surface area (TPSA) is 3.24 Å². The first kappa shape index (κ1) is 15.1. The molecule has 1 fully saturated rings. The molecule has 0 aliphatic heterocycles. The Morgan fingerprint density at radius 1 is 1.00 bits per heavy atom. The van der Waals surface area contributed by atoms with Crippen molar-refractivity contribution in [1.82, 2.24) is 4.90 Å². The predicted molar refractivity (Wildman–Crippen MR) is 95.7 cm³/mol. The Morgan fingerprint density at radius 2 is 1.77 bits per heavy atom. The number of hydrogen-bond donors (Lipinski definition) is 0. The molecule has 0 N–H and O–H groups in total. The summed E-state index contributed by atoms with van der Waals surface area (Å²) >= 11 is 0. The number of rotatable bonds is 5. The van der Waals surface area contributed by atoms with Crippen LogP contribution in [0.4, 0.5) is 0 Å². The van der Waals surface area contributed by atoms with Crippen molar-refractivity contribution in [1.29, 1.82) is 0 Å². The van der Waals surface area contributed by atoms with Crippen LogP contribution in [0.2, 0.25) is 0 Å². The Bertz CT molecular complexity index is 617. The molecule has 1 aliphatic carbocycles. The normalized spacial score (nSPS) is 16.4. The van der Waals surface area contributed by atoms with Gasteiger partial charge in [0.05, 0.1) is 0 Å². The van der Waals surface area contributed by atoms with E-state index in [2.05, 4.69) is 66.7 Å². The quantitative estimate of drug-likeness (QED) is 0.678. The molecule has 1 aliphatic rings. The fourth-order valence-corrected chi connectivity index (χ4v) is 3.61. The molecule has 0 atom stereocenters. The van der Waals surface area contributed by atoms with Crippen LogP contribution in [0.15, 0.2) is 54.7 Å². The summed E-state index contributed by atoms with van der Waals surface area (Å²) in [4.78, 5) is 2.31. The minimum absolute atomic E-state index is 0.927. The van der Waals surface area contributed by atoms with Gasteiger partial charge in [0.1, 0.15) is 0 Å². The van der Waals surface area contributed by atoms with Gasteiger partial charge in [-0.2, -0.15) is 0 Å². The van der Waals surface area contributed by atoms with E-state index in [1.54, 1.807) is 0 Å². The minimum Gasteiger partial charge on any atom is -0.376 e. The largest absolute Gasteiger partial charge is 0.376 e. The molecule has 22 heavy (non-hydrogen) atoms. The molecule has 116 valence electrons. The summed E-state index contributed by atoms with van der Waals surface area (Å²) in [6, 6.07) is 15.3. The summed E-state index contributed by atoms with van der Waals surface area (Å²) in [6.45, 7) is 0.975. The van der Waals surface area contributed by atoms with Gasteiger partial charge >= 0.3 is 0 Å². The SMILES string of the molecule is CN(/C=C/CC1CCCCC1)Cc1cccc2ccccc12. The van der Waals surface area contributed by atoms with Crippen LogP contribution in [0.1, 0.15) is 44.1 Å². The molecular weight excluding hydrogens is 266 g/mol. The van der Waals surface area contributed by atoms with E-state index in [0.717, 1.165) is 12.5 Å². The van der Waals surface area contributed by atoms with Crippen LogP contribution in [0, 0.1) is 5.92 Å². The Balaban J connectivity index is 1.59. The second-order valence-electron chi connectivity index (χ2n) is 6.68. The fourth-order valence-electron chi connectivity index (χ4n) is 3.61. The number of benzene rings is 2. The Hall–Kier alpha value is -1.76. The molecule has 0 amide bonds. The van der Waals surface area contributed by atoms with Crippen molar-refractivity contribution >= 4 is 10.8 Å². The summed E-state index contributed by atoms with van der Waals surface area (Å²) < 4.78 is 0. The highest BCUT2D eigenvalue weighted by Gasteiger charge is 2.11. The first-order valence-corrected chi connectivity index (χ1v) is 8.66. The highest BCUT2D eigenvalue weighted by molar-refractivity contribution is 5.85. The van der Waals surface area contributed by atoms with Crippen molar-refractivity contribution in [2.45, 2.75) is 45.1 Å². The molecule has 0 spiro atoms. The maximum Gasteiger partial charge on any atom is 0.0426 e. The van der Waals surface area contributed by atoms with Gasteiger partial charge < -0.3 is 4.90 Å². The lowest BCUT2D eigenvalue weighted by Crippen LogP contribution is -2.11. The van der Waals surface area contributed by atoms with Crippen molar-refractivity contribution in [3.63, 3.8) is 0 Å². The van der Waals surface area contributed by atoms with E-state index < -0.39 is 0 Å². The van der Waals surface area contributed by atoms with Crippen molar-refractivity contribution in [3.05, 3.63) is 60.3 Å². The maximum atomic E-state index is 2.38. The van der Waals surface area contributed by atoms with Gasteiger partial charge in [0, 0.05) is 13.6 Å². The average molecular weight is 293 g/mol. The second kappa shape index (κ2) is 7.49. The predicted octanol–water partition coefficient (Wildman–Crippen LogP) is 5.76. The van der Waals surface area contributed by atoms with Gasteiger partial charge in [-0.3, -0.25) is 0 Å². The van der Waals surface area contributed by atoms with Crippen LogP contribution in [-0.4, -0.2) is 11.9 Å². The maximum absolute atomic E-state index is 2.38. The molecule has 0 bridgehead atoms. The smallest absolute Gasteiger partial charge is 0.0426 e. The Labute approximate surface area is 134 Å². The van der Waals surface area contributed by atoms with Crippen molar-refractivity contribution < 1.29 is 0 Å². The molecule has 1 saturated carbocycles. The van der Waals surface area contributed by atoms with Crippen LogP contribution in [0.25, 0.3) is 10.8 Å². The van der Waals surface area contributed by atoms with E-state index >= 15 is 0 Å². The highest BCUT2D eigenvalue weighted by atomic mass is 15.1. The van der Waals surface area contributed by atoms with Gasteiger partial charge in [-0.25, -0.2) is 0 Å². The summed E-state index contributed by atoms with van der Waals surface area (Å²) in [5.41, 5.74) is 1.41. The van der Waals surface area contributed by atoms with Crippen LogP contribution in [0.5, 0.6) is 0 Å². The monoisotopic (exact) mass is 293 g/mol. The van der Waals surface area contributed by atoms with Gasteiger partial charge in [0.15, 0.2) is 0 Å². The van der Waals surface area contributed by atoms with E-state index in [1.165, 1.54) is 54.9 Å². The molecule has 3 rings (SSSR count). The second-order valence-corrected chi connectivity index (χ2v) is 6.68. The van der Waals surface area contributed by atoms with E-state index in [-0.39, 0.29) is 0 Å². The average Bonchev–Trinajstić information content (AvgIpc) is 2.56. The van der Waals surface area contributed by atoms with Crippen molar-refractivity contribution in [2.75, 3.05) is 7.05 Å². The van der Waals surface area contributed by atoms with Crippen molar-refractivity contribution in [3.8, 4) is 0 Å². The van der Waals surface area contributed by atoms with E-state index in [1.807, 2.05) is 0 Å². The lowest BCUT2D eigenvalue weighted by molar-refractivity contribution is 0.358. The summed E-state index contributed by atoms with van der Waals surface area (Å²) in [5, 5.41) is 2.71.